The highest BCUT2D eigenvalue weighted by Gasteiger charge is 2.12. The number of amides is 1. The van der Waals surface area contributed by atoms with Crippen LogP contribution in [0.1, 0.15) is 16.1 Å². The van der Waals surface area contributed by atoms with Crippen molar-refractivity contribution in [2.75, 3.05) is 19.0 Å². The molecular weight excluding hydrogens is 270 g/mol. The summed E-state index contributed by atoms with van der Waals surface area (Å²) in [6.07, 6.45) is 1.69. The molecule has 0 spiro atoms. The molecule has 2 N–H and O–H groups in total. The van der Waals surface area contributed by atoms with E-state index >= 15 is 0 Å². The number of aryl methyl sites for hydroxylation is 1. The van der Waals surface area contributed by atoms with Gasteiger partial charge in [-0.25, -0.2) is 0 Å². The van der Waals surface area contributed by atoms with Gasteiger partial charge in [-0.05, 0) is 24.3 Å². The van der Waals surface area contributed by atoms with Crippen molar-refractivity contribution in [3.63, 3.8) is 0 Å². The van der Waals surface area contributed by atoms with Crippen LogP contribution in [0.3, 0.4) is 0 Å². The number of ether oxygens (including phenoxy) is 1. The Labute approximate surface area is 122 Å². The minimum absolute atomic E-state index is 0.221. The summed E-state index contributed by atoms with van der Waals surface area (Å²) >= 11 is 0. The van der Waals surface area contributed by atoms with Gasteiger partial charge in [0.25, 0.3) is 5.91 Å². The van der Waals surface area contributed by atoms with Crippen molar-refractivity contribution < 1.29 is 14.6 Å². The number of rotatable bonds is 3. The maximum absolute atomic E-state index is 12.1. The number of aromatic nitrogens is 2. The number of methoxy groups -OCH3 is 1. The molecule has 2 rings (SSSR count). The molecule has 6 nitrogen and oxygen atoms in total. The van der Waals surface area contributed by atoms with E-state index in [1.54, 1.807) is 42.2 Å². The summed E-state index contributed by atoms with van der Waals surface area (Å²) in [6, 6.07) is 6.76. The topological polar surface area (TPSA) is 76.4 Å². The van der Waals surface area contributed by atoms with Crippen molar-refractivity contribution in [3.05, 3.63) is 41.7 Å². The van der Waals surface area contributed by atoms with Crippen molar-refractivity contribution in [1.29, 1.82) is 0 Å². The zero-order valence-corrected chi connectivity index (χ0v) is 11.8. The molecule has 2 aromatic rings. The zero-order chi connectivity index (χ0) is 15.2. The molecule has 1 heterocycles. The number of carbonyl (C=O) groups excluding carboxylic acids is 1. The van der Waals surface area contributed by atoms with Crippen LogP contribution >= 0.6 is 0 Å². The normalized spacial score (nSPS) is 9.67. The molecule has 0 saturated carbocycles. The lowest BCUT2D eigenvalue weighted by Gasteiger charge is -2.09. The molecule has 1 aromatic carbocycles. The first-order valence-electron chi connectivity index (χ1n) is 6.23. The predicted octanol–water partition coefficient (Wildman–Crippen LogP) is 1.02. The van der Waals surface area contributed by atoms with E-state index in [0.29, 0.717) is 22.7 Å². The van der Waals surface area contributed by atoms with E-state index in [9.17, 15) is 4.79 Å². The summed E-state index contributed by atoms with van der Waals surface area (Å²) in [5, 5.41) is 15.5. The molecule has 1 amide bonds. The molecular formula is C15H15N3O3. The molecule has 0 saturated heterocycles. The van der Waals surface area contributed by atoms with Crippen molar-refractivity contribution in [1.82, 2.24) is 9.78 Å². The van der Waals surface area contributed by atoms with Crippen LogP contribution in [0, 0.1) is 11.8 Å². The van der Waals surface area contributed by atoms with E-state index in [4.69, 9.17) is 9.84 Å². The molecule has 0 aliphatic carbocycles. The average Bonchev–Trinajstić information content (AvgIpc) is 2.92. The van der Waals surface area contributed by atoms with E-state index < -0.39 is 0 Å². The molecule has 1 aromatic heterocycles. The van der Waals surface area contributed by atoms with Gasteiger partial charge >= 0.3 is 0 Å². The highest BCUT2D eigenvalue weighted by Crippen LogP contribution is 2.25. The van der Waals surface area contributed by atoms with Crippen LogP contribution in [0.2, 0.25) is 0 Å². The largest absolute Gasteiger partial charge is 0.495 e. The molecule has 21 heavy (non-hydrogen) atoms. The van der Waals surface area contributed by atoms with Gasteiger partial charge < -0.3 is 15.2 Å². The number of nitrogens with zero attached hydrogens (tertiary/aromatic N) is 2. The van der Waals surface area contributed by atoms with Gasteiger partial charge in [0.2, 0.25) is 0 Å². The van der Waals surface area contributed by atoms with E-state index in [-0.39, 0.29) is 12.5 Å². The standard InChI is InChI=1S/C15H15N3O3/c1-18-8-7-12(17-18)15(20)16-13-10-11(4-3-9-19)5-6-14(13)21-2/h5-8,10,19H,9H2,1-2H3,(H,16,20). The number of aliphatic hydroxyl groups is 1. The number of aliphatic hydroxyl groups excluding tert-OH is 1. The Bertz CT molecular complexity index is 710. The van der Waals surface area contributed by atoms with Gasteiger partial charge in [-0.1, -0.05) is 11.8 Å². The van der Waals surface area contributed by atoms with E-state index in [0.717, 1.165) is 0 Å². The van der Waals surface area contributed by atoms with Gasteiger partial charge in [-0.2, -0.15) is 5.10 Å². The average molecular weight is 285 g/mol. The van der Waals surface area contributed by atoms with Crippen molar-refractivity contribution >= 4 is 11.6 Å². The predicted molar refractivity (Wildman–Crippen MR) is 78.1 cm³/mol. The number of hydrogen-bond donors (Lipinski definition) is 2. The third-order valence-corrected chi connectivity index (χ3v) is 2.71. The highest BCUT2D eigenvalue weighted by molar-refractivity contribution is 6.03. The third kappa shape index (κ3) is 3.61. The Hall–Kier alpha value is -2.78. The Morgan fingerprint density at radius 3 is 2.90 bits per heavy atom. The summed E-state index contributed by atoms with van der Waals surface area (Å²) in [5.41, 5.74) is 1.48. The third-order valence-electron chi connectivity index (χ3n) is 2.71. The van der Waals surface area contributed by atoms with Crippen molar-refractivity contribution in [2.24, 2.45) is 7.05 Å². The molecule has 0 fully saturated rings. The van der Waals surface area contributed by atoms with E-state index in [2.05, 4.69) is 22.3 Å². The molecule has 6 heteroatoms. The molecule has 108 valence electrons. The number of carbonyl (C=O) groups is 1. The Morgan fingerprint density at radius 1 is 1.48 bits per heavy atom. The van der Waals surface area contributed by atoms with Gasteiger partial charge in [0.15, 0.2) is 5.69 Å². The second-order valence-electron chi connectivity index (χ2n) is 4.20. The molecule has 0 atom stereocenters. The van der Waals surface area contributed by atoms with Crippen LogP contribution in [0.25, 0.3) is 0 Å². The lowest BCUT2D eigenvalue weighted by Crippen LogP contribution is -2.13. The number of nitrogens with one attached hydrogen (secondary N) is 1. The van der Waals surface area contributed by atoms with Gasteiger partial charge in [-0.15, -0.1) is 0 Å². The highest BCUT2D eigenvalue weighted by atomic mass is 16.5. The van der Waals surface area contributed by atoms with Gasteiger partial charge in [0.1, 0.15) is 12.4 Å². The minimum Gasteiger partial charge on any atom is -0.495 e. The quantitative estimate of drug-likeness (QED) is 0.826. The van der Waals surface area contributed by atoms with Crippen LogP contribution in [-0.4, -0.2) is 34.5 Å². The Morgan fingerprint density at radius 2 is 2.29 bits per heavy atom. The fraction of sp³-hybridized carbons (Fsp3) is 0.200. The van der Waals surface area contributed by atoms with Crippen LogP contribution in [-0.2, 0) is 7.05 Å². The summed E-state index contributed by atoms with van der Waals surface area (Å²) in [5.74, 6) is 5.52. The van der Waals surface area contributed by atoms with Crippen molar-refractivity contribution in [3.8, 4) is 17.6 Å². The van der Waals surface area contributed by atoms with E-state index in [1.807, 2.05) is 0 Å². The number of benzene rings is 1. The summed E-state index contributed by atoms with van der Waals surface area (Å²) < 4.78 is 6.76. The lowest BCUT2D eigenvalue weighted by atomic mass is 10.2. The second-order valence-corrected chi connectivity index (χ2v) is 4.20. The van der Waals surface area contributed by atoms with Crippen LogP contribution in [0.15, 0.2) is 30.5 Å². The number of hydrogen-bond acceptors (Lipinski definition) is 4. The first kappa shape index (κ1) is 14.6. The van der Waals surface area contributed by atoms with E-state index in [1.165, 1.54) is 7.11 Å². The fourth-order valence-electron chi connectivity index (χ4n) is 1.75. The minimum atomic E-state index is -0.332. The molecule has 0 bridgehead atoms. The van der Waals surface area contributed by atoms with Gasteiger partial charge in [0.05, 0.1) is 12.8 Å². The van der Waals surface area contributed by atoms with Crippen molar-refractivity contribution in [2.45, 2.75) is 0 Å². The smallest absolute Gasteiger partial charge is 0.276 e. The zero-order valence-electron chi connectivity index (χ0n) is 11.8. The Balaban J connectivity index is 2.26. The summed E-state index contributed by atoms with van der Waals surface area (Å²) in [6.45, 7) is -0.221. The van der Waals surface area contributed by atoms with Crippen LogP contribution in [0.4, 0.5) is 5.69 Å². The molecule has 0 aliphatic rings. The van der Waals surface area contributed by atoms with Gasteiger partial charge in [0, 0.05) is 18.8 Å². The first-order chi connectivity index (χ1) is 10.1. The molecule has 0 unspecified atom stereocenters. The van der Waals surface area contributed by atoms with Crippen LogP contribution in [0.5, 0.6) is 5.75 Å². The van der Waals surface area contributed by atoms with Gasteiger partial charge in [-0.3, -0.25) is 9.48 Å². The summed E-state index contributed by atoms with van der Waals surface area (Å²) in [4.78, 5) is 12.1. The monoisotopic (exact) mass is 285 g/mol. The SMILES string of the molecule is COc1ccc(C#CCO)cc1NC(=O)c1ccn(C)n1. The second kappa shape index (κ2) is 6.59. The molecule has 0 radical (unpaired) electrons. The molecule has 0 aliphatic heterocycles. The fourth-order valence-corrected chi connectivity index (χ4v) is 1.75. The maximum atomic E-state index is 12.1. The number of anilines is 1. The maximum Gasteiger partial charge on any atom is 0.276 e. The van der Waals surface area contributed by atoms with Crippen LogP contribution < -0.4 is 10.1 Å². The first-order valence-corrected chi connectivity index (χ1v) is 6.23. The lowest BCUT2D eigenvalue weighted by molar-refractivity contribution is 0.102. The summed E-state index contributed by atoms with van der Waals surface area (Å²) in [7, 11) is 3.26. The Kier molecular flexibility index (Phi) is 4.59.